The van der Waals surface area contributed by atoms with Crippen molar-refractivity contribution in [3.63, 3.8) is 0 Å². The molecule has 2 aromatic rings. The Morgan fingerprint density at radius 3 is 2.59 bits per heavy atom. The summed E-state index contributed by atoms with van der Waals surface area (Å²) in [5.74, 6) is 0.229. The normalized spacial score (nSPS) is 11.9. The molecule has 0 spiro atoms. The molecule has 10 heteroatoms. The average molecular weight is 516 g/mol. The largest absolute Gasteiger partial charge is 0.434 e. The Morgan fingerprint density at radius 1 is 1.26 bits per heavy atom. The number of aryl methyl sites for hydroxylation is 1. The molecule has 0 radical (unpaired) electrons. The zero-order chi connectivity index (χ0) is 19.2. The number of alkyl halides is 3. The van der Waals surface area contributed by atoms with Crippen molar-refractivity contribution in [2.75, 3.05) is 13.1 Å². The van der Waals surface area contributed by atoms with E-state index >= 15 is 0 Å². The minimum Gasteiger partial charge on any atom is -0.357 e. The number of aliphatic imine (C=N–C) groups is 1. The molecule has 0 fully saturated rings. The van der Waals surface area contributed by atoms with Crippen LogP contribution in [0.15, 0.2) is 28.6 Å². The van der Waals surface area contributed by atoms with Gasteiger partial charge in [0.1, 0.15) is 10.8 Å². The van der Waals surface area contributed by atoms with Crippen LogP contribution in [0.5, 0.6) is 0 Å². The molecule has 0 saturated heterocycles. The predicted octanol–water partition coefficient (Wildman–Crippen LogP) is 4.53. The number of nitrogens with one attached hydrogen (secondary N) is 2. The van der Waals surface area contributed by atoms with E-state index in [0.717, 1.165) is 27.8 Å². The van der Waals surface area contributed by atoms with E-state index in [1.165, 1.54) is 12.1 Å². The molecular formula is C17H21F4IN4S. The number of thiazole rings is 1. The Balaban J connectivity index is 0.00000364. The van der Waals surface area contributed by atoms with Crippen molar-refractivity contribution in [2.45, 2.75) is 33.0 Å². The second-order valence-corrected chi connectivity index (χ2v) is 6.51. The molecule has 27 heavy (non-hydrogen) atoms. The van der Waals surface area contributed by atoms with E-state index in [9.17, 15) is 17.6 Å². The van der Waals surface area contributed by atoms with Crippen LogP contribution in [0.2, 0.25) is 0 Å². The molecule has 0 atom stereocenters. The van der Waals surface area contributed by atoms with Crippen LogP contribution in [0, 0.1) is 12.7 Å². The molecule has 2 rings (SSSR count). The molecule has 0 unspecified atom stereocenters. The summed E-state index contributed by atoms with van der Waals surface area (Å²) in [7, 11) is 0. The molecule has 0 amide bonds. The third-order valence-corrected chi connectivity index (χ3v) is 4.38. The van der Waals surface area contributed by atoms with Crippen LogP contribution in [0.25, 0.3) is 0 Å². The van der Waals surface area contributed by atoms with Crippen molar-refractivity contribution in [3.05, 3.63) is 51.2 Å². The summed E-state index contributed by atoms with van der Waals surface area (Å²) >= 11 is 0.931. The van der Waals surface area contributed by atoms with Gasteiger partial charge in [0, 0.05) is 18.5 Å². The predicted molar refractivity (Wildman–Crippen MR) is 110 cm³/mol. The Hall–Kier alpha value is -1.43. The second kappa shape index (κ2) is 10.8. The fourth-order valence-electron chi connectivity index (χ4n) is 2.26. The number of hydrogen-bond acceptors (Lipinski definition) is 3. The summed E-state index contributed by atoms with van der Waals surface area (Å²) in [6.07, 6.45) is -3.76. The standard InChI is InChI=1S/C17H20F4N4S.HI/c1-3-22-16(23-7-6-12-4-5-13(18)8-11(12)2)24-9-15-25-14(10-26-15)17(19,20)21;/h4-5,8,10H,3,6-7,9H2,1-2H3,(H2,22,23,24);1H. The lowest BCUT2D eigenvalue weighted by Gasteiger charge is -2.12. The Morgan fingerprint density at radius 2 is 2.00 bits per heavy atom. The number of benzene rings is 1. The van der Waals surface area contributed by atoms with Gasteiger partial charge < -0.3 is 10.6 Å². The van der Waals surface area contributed by atoms with Gasteiger partial charge in [-0.2, -0.15) is 13.2 Å². The van der Waals surface area contributed by atoms with Gasteiger partial charge in [-0.05, 0) is 43.5 Å². The molecule has 4 nitrogen and oxygen atoms in total. The third-order valence-electron chi connectivity index (χ3n) is 3.55. The highest BCUT2D eigenvalue weighted by molar-refractivity contribution is 14.0. The molecule has 0 aliphatic carbocycles. The highest BCUT2D eigenvalue weighted by Gasteiger charge is 2.33. The molecule has 0 aliphatic rings. The van der Waals surface area contributed by atoms with Crippen molar-refractivity contribution in [2.24, 2.45) is 4.99 Å². The van der Waals surface area contributed by atoms with Gasteiger partial charge in [-0.25, -0.2) is 14.4 Å². The smallest absolute Gasteiger partial charge is 0.357 e. The van der Waals surface area contributed by atoms with E-state index in [1.807, 2.05) is 13.8 Å². The van der Waals surface area contributed by atoms with Crippen LogP contribution >= 0.6 is 35.3 Å². The van der Waals surface area contributed by atoms with E-state index in [0.29, 0.717) is 30.5 Å². The summed E-state index contributed by atoms with van der Waals surface area (Å²) in [6.45, 7) is 4.98. The van der Waals surface area contributed by atoms with Gasteiger partial charge in [0.15, 0.2) is 11.7 Å². The van der Waals surface area contributed by atoms with E-state index in [1.54, 1.807) is 6.07 Å². The van der Waals surface area contributed by atoms with E-state index in [-0.39, 0.29) is 36.3 Å². The van der Waals surface area contributed by atoms with Crippen molar-refractivity contribution in [1.29, 1.82) is 0 Å². The quantitative estimate of drug-likeness (QED) is 0.257. The van der Waals surface area contributed by atoms with Crippen LogP contribution in [-0.2, 0) is 19.1 Å². The highest BCUT2D eigenvalue weighted by atomic mass is 127. The molecule has 0 saturated carbocycles. The fraction of sp³-hybridized carbons (Fsp3) is 0.412. The number of guanidine groups is 1. The lowest BCUT2D eigenvalue weighted by Crippen LogP contribution is -2.38. The monoisotopic (exact) mass is 516 g/mol. The Kier molecular flexibility index (Phi) is 9.43. The number of hydrogen-bond donors (Lipinski definition) is 2. The molecule has 0 aliphatic heterocycles. The molecule has 2 N–H and O–H groups in total. The first-order valence-electron chi connectivity index (χ1n) is 8.08. The minimum atomic E-state index is -4.44. The molecule has 1 aromatic heterocycles. The summed E-state index contributed by atoms with van der Waals surface area (Å²) in [5, 5.41) is 7.44. The van der Waals surface area contributed by atoms with Gasteiger partial charge in [-0.1, -0.05) is 6.07 Å². The van der Waals surface area contributed by atoms with Crippen molar-refractivity contribution in [1.82, 2.24) is 15.6 Å². The maximum atomic E-state index is 13.1. The number of aromatic nitrogens is 1. The number of rotatable bonds is 6. The van der Waals surface area contributed by atoms with Crippen LogP contribution in [0.1, 0.15) is 28.8 Å². The van der Waals surface area contributed by atoms with E-state index < -0.39 is 11.9 Å². The van der Waals surface area contributed by atoms with Crippen molar-refractivity contribution < 1.29 is 17.6 Å². The summed E-state index contributed by atoms with van der Waals surface area (Å²) in [4.78, 5) is 7.82. The van der Waals surface area contributed by atoms with Crippen LogP contribution in [0.3, 0.4) is 0 Å². The lowest BCUT2D eigenvalue weighted by molar-refractivity contribution is -0.140. The number of nitrogens with zero attached hydrogens (tertiary/aromatic N) is 2. The average Bonchev–Trinajstić information content (AvgIpc) is 3.04. The van der Waals surface area contributed by atoms with Crippen LogP contribution in [-0.4, -0.2) is 24.0 Å². The second-order valence-electron chi connectivity index (χ2n) is 5.57. The summed E-state index contributed by atoms with van der Waals surface area (Å²) in [5.41, 5.74) is 0.998. The van der Waals surface area contributed by atoms with Crippen molar-refractivity contribution >= 4 is 41.3 Å². The zero-order valence-electron chi connectivity index (χ0n) is 14.9. The van der Waals surface area contributed by atoms with Gasteiger partial charge in [0.25, 0.3) is 0 Å². The zero-order valence-corrected chi connectivity index (χ0v) is 18.0. The highest BCUT2D eigenvalue weighted by Crippen LogP contribution is 2.30. The fourth-order valence-corrected chi connectivity index (χ4v) is 2.98. The maximum Gasteiger partial charge on any atom is 0.434 e. The van der Waals surface area contributed by atoms with Crippen molar-refractivity contribution in [3.8, 4) is 0 Å². The van der Waals surface area contributed by atoms with Crippen LogP contribution < -0.4 is 10.6 Å². The van der Waals surface area contributed by atoms with Gasteiger partial charge in [0.05, 0.1) is 6.54 Å². The first-order chi connectivity index (χ1) is 12.3. The topological polar surface area (TPSA) is 49.3 Å². The van der Waals surface area contributed by atoms with E-state index in [2.05, 4.69) is 20.6 Å². The minimum absolute atomic E-state index is 0. The molecular weight excluding hydrogens is 495 g/mol. The third kappa shape index (κ3) is 7.60. The molecule has 1 heterocycles. The summed E-state index contributed by atoms with van der Waals surface area (Å²) in [6, 6.07) is 4.64. The first kappa shape index (κ1) is 23.6. The molecule has 150 valence electrons. The lowest BCUT2D eigenvalue weighted by atomic mass is 10.1. The SMILES string of the molecule is CCNC(=NCc1nc(C(F)(F)F)cs1)NCCc1ccc(F)cc1C.I. The molecule has 0 bridgehead atoms. The summed E-state index contributed by atoms with van der Waals surface area (Å²) < 4.78 is 50.8. The van der Waals surface area contributed by atoms with Gasteiger partial charge >= 0.3 is 6.18 Å². The Labute approximate surface area is 176 Å². The van der Waals surface area contributed by atoms with Gasteiger partial charge in [0.2, 0.25) is 0 Å². The number of halogens is 5. The van der Waals surface area contributed by atoms with Gasteiger partial charge in [-0.15, -0.1) is 35.3 Å². The van der Waals surface area contributed by atoms with Crippen LogP contribution in [0.4, 0.5) is 17.6 Å². The first-order valence-corrected chi connectivity index (χ1v) is 8.96. The van der Waals surface area contributed by atoms with Gasteiger partial charge in [-0.3, -0.25) is 0 Å². The van der Waals surface area contributed by atoms with E-state index in [4.69, 9.17) is 0 Å². The maximum absolute atomic E-state index is 13.1. The molecule has 1 aromatic carbocycles. The Bertz CT molecular complexity index is 762.